The molecule has 0 radical (unpaired) electrons. The van der Waals surface area contributed by atoms with E-state index in [4.69, 9.17) is 16.3 Å². The number of carbonyl (C=O) groups is 1. The number of nitro groups is 1. The van der Waals surface area contributed by atoms with Crippen LogP contribution in [0.3, 0.4) is 0 Å². The summed E-state index contributed by atoms with van der Waals surface area (Å²) in [5.41, 5.74) is 1.33. The van der Waals surface area contributed by atoms with Gasteiger partial charge in [-0.3, -0.25) is 19.1 Å². The van der Waals surface area contributed by atoms with Gasteiger partial charge >= 0.3 is 0 Å². The quantitative estimate of drug-likeness (QED) is 0.115. The Bertz CT molecular complexity index is 1240. The Labute approximate surface area is 203 Å². The zero-order valence-corrected chi connectivity index (χ0v) is 20.2. The average molecular weight is 502 g/mol. The molecule has 1 unspecified atom stereocenters. The predicted octanol–water partition coefficient (Wildman–Crippen LogP) is 6.15. The summed E-state index contributed by atoms with van der Waals surface area (Å²) < 4.78 is 17.6. The summed E-state index contributed by atoms with van der Waals surface area (Å²) in [5, 5.41) is 11.6. The summed E-state index contributed by atoms with van der Waals surface area (Å²) in [4.78, 5) is 24.9. The smallest absolute Gasteiger partial charge is 0.278 e. The van der Waals surface area contributed by atoms with Crippen molar-refractivity contribution in [2.45, 2.75) is 10.6 Å². The zero-order valence-electron chi connectivity index (χ0n) is 17.8. The Kier molecular flexibility index (Phi) is 8.43. The standard InChI is InChI=1S/C24H20ClNO5S2/c1-31-19-11-7-16(8-12-19)15-32-22-6-4-3-5-20(22)24(27)23(33(2)30)13-17-9-10-18(25)14-21(17)26(28)29/h3-14H,15H2,1-2H3/b23-13-. The van der Waals surface area contributed by atoms with E-state index in [2.05, 4.69) is 0 Å². The topological polar surface area (TPSA) is 86.5 Å². The Morgan fingerprint density at radius 1 is 1.15 bits per heavy atom. The van der Waals surface area contributed by atoms with Crippen molar-refractivity contribution in [1.29, 1.82) is 0 Å². The fourth-order valence-electron chi connectivity index (χ4n) is 3.01. The molecule has 0 N–H and O–H groups in total. The fourth-order valence-corrected chi connectivity index (χ4v) is 4.85. The van der Waals surface area contributed by atoms with Crippen LogP contribution < -0.4 is 4.74 Å². The van der Waals surface area contributed by atoms with Gasteiger partial charge in [0.1, 0.15) is 5.75 Å². The van der Waals surface area contributed by atoms with Gasteiger partial charge in [-0.15, -0.1) is 11.8 Å². The van der Waals surface area contributed by atoms with Gasteiger partial charge in [-0.05, 0) is 48.0 Å². The molecule has 0 amide bonds. The van der Waals surface area contributed by atoms with Crippen LogP contribution in [-0.2, 0) is 16.6 Å². The largest absolute Gasteiger partial charge is 0.497 e. The third kappa shape index (κ3) is 6.31. The van der Waals surface area contributed by atoms with Crippen molar-refractivity contribution in [3.05, 3.63) is 103 Å². The predicted molar refractivity (Wildman–Crippen MR) is 133 cm³/mol. The van der Waals surface area contributed by atoms with E-state index in [1.165, 1.54) is 42.3 Å². The van der Waals surface area contributed by atoms with Gasteiger partial charge < -0.3 is 4.74 Å². The third-order valence-corrected chi connectivity index (χ3v) is 7.00. The maximum Gasteiger partial charge on any atom is 0.278 e. The van der Waals surface area contributed by atoms with E-state index in [-0.39, 0.29) is 21.2 Å². The molecular formula is C24H20ClNO5S2. The molecule has 3 aromatic rings. The van der Waals surface area contributed by atoms with Crippen molar-refractivity contribution < 1.29 is 18.7 Å². The molecule has 0 aliphatic rings. The highest BCUT2D eigenvalue weighted by atomic mass is 35.5. The second-order valence-corrected chi connectivity index (χ2v) is 9.69. The first kappa shape index (κ1) is 24.7. The number of methoxy groups -OCH3 is 1. The van der Waals surface area contributed by atoms with Crippen molar-refractivity contribution in [2.75, 3.05) is 13.4 Å². The molecule has 3 aromatic carbocycles. The van der Waals surface area contributed by atoms with E-state index < -0.39 is 21.5 Å². The van der Waals surface area contributed by atoms with Crippen LogP contribution >= 0.6 is 23.4 Å². The fraction of sp³-hybridized carbons (Fsp3) is 0.125. The van der Waals surface area contributed by atoms with Crippen molar-refractivity contribution in [3.8, 4) is 5.75 Å². The van der Waals surface area contributed by atoms with E-state index in [9.17, 15) is 19.1 Å². The normalized spacial score (nSPS) is 12.3. The van der Waals surface area contributed by atoms with Gasteiger partial charge in [0.05, 0.1) is 33.3 Å². The van der Waals surface area contributed by atoms with Crippen LogP contribution in [0.2, 0.25) is 5.02 Å². The van der Waals surface area contributed by atoms with Crippen LogP contribution in [-0.4, -0.2) is 28.3 Å². The lowest BCUT2D eigenvalue weighted by Crippen LogP contribution is -2.09. The van der Waals surface area contributed by atoms with Crippen LogP contribution in [0.5, 0.6) is 5.75 Å². The van der Waals surface area contributed by atoms with Crippen LogP contribution in [0.1, 0.15) is 21.5 Å². The number of hydrogen-bond acceptors (Lipinski definition) is 6. The van der Waals surface area contributed by atoms with Crippen LogP contribution in [0.4, 0.5) is 5.69 Å². The molecule has 33 heavy (non-hydrogen) atoms. The number of ketones is 1. The second kappa shape index (κ2) is 11.3. The maximum atomic E-state index is 13.4. The summed E-state index contributed by atoms with van der Waals surface area (Å²) in [5.74, 6) is 0.930. The van der Waals surface area contributed by atoms with Gasteiger partial charge in [0.25, 0.3) is 5.69 Å². The molecule has 1 atom stereocenters. The van der Waals surface area contributed by atoms with Crippen molar-refractivity contribution >= 4 is 51.7 Å². The van der Waals surface area contributed by atoms with Crippen molar-refractivity contribution in [2.24, 2.45) is 0 Å². The lowest BCUT2D eigenvalue weighted by atomic mass is 10.1. The molecule has 0 aliphatic carbocycles. The number of nitro benzene ring substituents is 1. The number of nitrogens with zero attached hydrogens (tertiary/aromatic N) is 1. The highest BCUT2D eigenvalue weighted by Crippen LogP contribution is 2.31. The number of rotatable bonds is 9. The minimum atomic E-state index is -1.68. The molecule has 9 heteroatoms. The first-order valence-corrected chi connectivity index (χ1v) is 12.6. The van der Waals surface area contributed by atoms with Gasteiger partial charge in [0.15, 0.2) is 0 Å². The number of thioether (sulfide) groups is 1. The second-order valence-electron chi connectivity index (χ2n) is 6.88. The first-order valence-electron chi connectivity index (χ1n) is 9.68. The van der Waals surface area contributed by atoms with Gasteiger partial charge in [0, 0.05) is 33.6 Å². The minimum Gasteiger partial charge on any atom is -0.497 e. The van der Waals surface area contributed by atoms with Gasteiger partial charge in [-0.1, -0.05) is 35.9 Å². The molecule has 0 aliphatic heterocycles. The highest BCUT2D eigenvalue weighted by molar-refractivity contribution is 7.98. The third-order valence-electron chi connectivity index (χ3n) is 4.69. The molecule has 0 aromatic heterocycles. The summed E-state index contributed by atoms with van der Waals surface area (Å²) in [6, 6.07) is 18.8. The van der Waals surface area contributed by atoms with Crippen LogP contribution in [0.15, 0.2) is 76.5 Å². The van der Waals surface area contributed by atoms with E-state index in [0.29, 0.717) is 11.3 Å². The lowest BCUT2D eigenvalue weighted by Gasteiger charge is -2.10. The highest BCUT2D eigenvalue weighted by Gasteiger charge is 2.22. The molecule has 0 heterocycles. The van der Waals surface area contributed by atoms with Gasteiger partial charge in [0.2, 0.25) is 5.78 Å². The number of ether oxygens (including phenoxy) is 1. The number of benzene rings is 3. The lowest BCUT2D eigenvalue weighted by molar-refractivity contribution is -0.385. The molecule has 0 saturated carbocycles. The number of allylic oxidation sites excluding steroid dienone is 1. The number of hydrogen-bond donors (Lipinski definition) is 0. The molecule has 0 saturated heterocycles. The van der Waals surface area contributed by atoms with Crippen LogP contribution in [0.25, 0.3) is 6.08 Å². The first-order chi connectivity index (χ1) is 15.8. The Balaban J connectivity index is 1.93. The molecule has 0 spiro atoms. The molecule has 6 nitrogen and oxygen atoms in total. The SMILES string of the molecule is COc1ccc(CSc2ccccc2C(=O)/C(=C/c2ccc(Cl)cc2[N+](=O)[O-])S(C)=O)cc1. The molecule has 170 valence electrons. The summed E-state index contributed by atoms with van der Waals surface area (Å²) in [6.07, 6.45) is 2.68. The van der Waals surface area contributed by atoms with Crippen molar-refractivity contribution in [1.82, 2.24) is 0 Å². The molecule has 0 fully saturated rings. The molecular weight excluding hydrogens is 482 g/mol. The van der Waals surface area contributed by atoms with Gasteiger partial charge in [-0.25, -0.2) is 0 Å². The number of carbonyl (C=O) groups excluding carboxylic acids is 1. The number of halogens is 1. The Hall–Kier alpha value is -2.94. The van der Waals surface area contributed by atoms with E-state index in [1.807, 2.05) is 36.4 Å². The van der Waals surface area contributed by atoms with Crippen LogP contribution in [0, 0.1) is 10.1 Å². The summed E-state index contributed by atoms with van der Waals surface area (Å²) >= 11 is 7.35. The average Bonchev–Trinajstić information content (AvgIpc) is 2.81. The Morgan fingerprint density at radius 2 is 1.85 bits per heavy atom. The summed E-state index contributed by atoms with van der Waals surface area (Å²) in [7, 11) is -0.0762. The monoisotopic (exact) mass is 501 g/mol. The van der Waals surface area contributed by atoms with E-state index in [1.54, 1.807) is 19.2 Å². The zero-order chi connectivity index (χ0) is 24.0. The minimum absolute atomic E-state index is 0.0297. The van der Waals surface area contributed by atoms with Crippen molar-refractivity contribution in [3.63, 3.8) is 0 Å². The van der Waals surface area contributed by atoms with E-state index >= 15 is 0 Å². The number of Topliss-reactive ketones (excluding diaryl/α,β-unsaturated/α-hetero) is 1. The molecule has 0 bridgehead atoms. The van der Waals surface area contributed by atoms with E-state index in [0.717, 1.165) is 16.2 Å². The summed E-state index contributed by atoms with van der Waals surface area (Å²) in [6.45, 7) is 0. The Morgan fingerprint density at radius 3 is 2.48 bits per heavy atom. The maximum absolute atomic E-state index is 13.4. The van der Waals surface area contributed by atoms with Gasteiger partial charge in [-0.2, -0.15) is 0 Å². The molecule has 3 rings (SSSR count).